The Kier molecular flexibility index (Phi) is 5.26. The maximum Gasteiger partial charge on any atom is 0.120 e. The number of imidazole rings is 1. The van der Waals surface area contributed by atoms with E-state index in [0.717, 1.165) is 12.4 Å². The van der Waals surface area contributed by atoms with Crippen molar-refractivity contribution in [2.45, 2.75) is 56.7 Å². The highest BCUT2D eigenvalue weighted by Crippen LogP contribution is 2.42. The maximum atomic E-state index is 4.61. The van der Waals surface area contributed by atoms with Gasteiger partial charge in [0.15, 0.2) is 0 Å². The van der Waals surface area contributed by atoms with Crippen LogP contribution in [0.5, 0.6) is 0 Å². The van der Waals surface area contributed by atoms with E-state index in [1.807, 2.05) is 6.20 Å². The van der Waals surface area contributed by atoms with Gasteiger partial charge in [-0.15, -0.1) is 11.8 Å². The lowest BCUT2D eigenvalue weighted by Crippen LogP contribution is -2.35. The summed E-state index contributed by atoms with van der Waals surface area (Å²) in [5.74, 6) is 3.68. The lowest BCUT2D eigenvalue weighted by molar-refractivity contribution is 0.421. The van der Waals surface area contributed by atoms with Gasteiger partial charge in [-0.3, -0.25) is 0 Å². The first-order valence-corrected chi connectivity index (χ1v) is 9.11. The number of hydrogen-bond acceptors (Lipinski definition) is 4. The van der Waals surface area contributed by atoms with Crippen molar-refractivity contribution in [3.8, 4) is 0 Å². The van der Waals surface area contributed by atoms with E-state index in [4.69, 9.17) is 0 Å². The van der Waals surface area contributed by atoms with Gasteiger partial charge in [0, 0.05) is 40.7 Å². The first-order valence-electron chi connectivity index (χ1n) is 7.01. The van der Waals surface area contributed by atoms with Gasteiger partial charge in [0.2, 0.25) is 0 Å². The molecule has 1 aliphatic heterocycles. The second-order valence-corrected chi connectivity index (χ2v) is 8.60. The van der Waals surface area contributed by atoms with Gasteiger partial charge in [-0.05, 0) is 27.2 Å². The zero-order valence-electron chi connectivity index (χ0n) is 12.3. The molecule has 1 aromatic heterocycles. The fraction of sp³-hybridized carbons (Fsp3) is 0.786. The van der Waals surface area contributed by atoms with Gasteiger partial charge in [0.1, 0.15) is 5.82 Å². The molecule has 2 unspecified atom stereocenters. The first-order chi connectivity index (χ1) is 8.99. The van der Waals surface area contributed by atoms with E-state index in [9.17, 15) is 0 Å². The maximum absolute atomic E-state index is 4.61. The van der Waals surface area contributed by atoms with Crippen LogP contribution in [-0.2, 0) is 6.54 Å². The van der Waals surface area contributed by atoms with Crippen LogP contribution in [0.4, 0.5) is 0 Å². The number of aromatic amines is 1. The van der Waals surface area contributed by atoms with Gasteiger partial charge < -0.3 is 10.3 Å². The van der Waals surface area contributed by atoms with Crippen LogP contribution in [0.25, 0.3) is 0 Å². The molecule has 108 valence electrons. The summed E-state index contributed by atoms with van der Waals surface area (Å²) in [7, 11) is 0. The molecule has 2 N–H and O–H groups in total. The predicted molar refractivity (Wildman–Crippen MR) is 86.9 cm³/mol. The highest BCUT2D eigenvalue weighted by atomic mass is 32.2. The minimum atomic E-state index is 0.146. The smallest absolute Gasteiger partial charge is 0.120 e. The summed E-state index contributed by atoms with van der Waals surface area (Å²) < 4.78 is 0. The van der Waals surface area contributed by atoms with Crippen LogP contribution in [0.1, 0.15) is 50.9 Å². The molecule has 0 spiro atoms. The van der Waals surface area contributed by atoms with Crippen LogP contribution in [-0.4, -0.2) is 32.3 Å². The van der Waals surface area contributed by atoms with Crippen molar-refractivity contribution in [2.75, 3.05) is 11.5 Å². The summed E-state index contributed by atoms with van der Waals surface area (Å²) in [5, 5.41) is 4.73. The first kappa shape index (κ1) is 15.3. The molecule has 1 aliphatic rings. The van der Waals surface area contributed by atoms with Crippen molar-refractivity contribution in [1.82, 2.24) is 15.3 Å². The van der Waals surface area contributed by atoms with Crippen LogP contribution < -0.4 is 5.32 Å². The monoisotopic (exact) mass is 299 g/mol. The number of nitrogens with one attached hydrogen (secondary N) is 2. The van der Waals surface area contributed by atoms with Crippen molar-refractivity contribution in [2.24, 2.45) is 0 Å². The van der Waals surface area contributed by atoms with Crippen LogP contribution in [0, 0.1) is 0 Å². The highest BCUT2D eigenvalue weighted by molar-refractivity contribution is 8.06. The molecule has 0 aliphatic carbocycles. The molecule has 19 heavy (non-hydrogen) atoms. The lowest BCUT2D eigenvalue weighted by Gasteiger charge is -2.28. The second kappa shape index (κ2) is 6.55. The number of H-pyrrole nitrogens is 1. The highest BCUT2D eigenvalue weighted by Gasteiger charge is 2.28. The second-order valence-electron chi connectivity index (χ2n) is 6.01. The largest absolute Gasteiger partial charge is 0.344 e. The Hall–Kier alpha value is -0.130. The van der Waals surface area contributed by atoms with E-state index < -0.39 is 0 Å². The van der Waals surface area contributed by atoms with Gasteiger partial charge in [0.25, 0.3) is 0 Å². The molecule has 5 heteroatoms. The van der Waals surface area contributed by atoms with Crippen LogP contribution >= 0.6 is 23.5 Å². The van der Waals surface area contributed by atoms with Gasteiger partial charge >= 0.3 is 0 Å². The molecule has 0 amide bonds. The van der Waals surface area contributed by atoms with E-state index in [1.54, 1.807) is 0 Å². The number of rotatable bonds is 4. The number of thioether (sulfide) groups is 2. The van der Waals surface area contributed by atoms with Gasteiger partial charge in [-0.25, -0.2) is 4.98 Å². The minimum Gasteiger partial charge on any atom is -0.344 e. The fourth-order valence-electron chi connectivity index (χ4n) is 2.13. The van der Waals surface area contributed by atoms with Crippen molar-refractivity contribution < 1.29 is 0 Å². The summed E-state index contributed by atoms with van der Waals surface area (Å²) in [5.41, 5.74) is 1.34. The molecule has 1 fully saturated rings. The van der Waals surface area contributed by atoms with Gasteiger partial charge in [0.05, 0.1) is 5.25 Å². The van der Waals surface area contributed by atoms with Crippen LogP contribution in [0.3, 0.4) is 0 Å². The Balaban J connectivity index is 1.99. The molecular weight excluding hydrogens is 274 g/mol. The standard InChI is InChI=1S/C14H25N3S2/c1-5-11-12(19-7-6-18-11)13-15-8-10(17-13)9-16-14(2,3)4/h8,11-12,16H,5-7,9H2,1-4H3,(H,15,17). The van der Waals surface area contributed by atoms with Crippen molar-refractivity contribution >= 4 is 23.5 Å². The number of aromatic nitrogens is 2. The molecule has 0 saturated carbocycles. The van der Waals surface area contributed by atoms with E-state index in [-0.39, 0.29) is 5.54 Å². The average Bonchev–Trinajstić information content (AvgIpc) is 2.84. The van der Waals surface area contributed by atoms with Crippen molar-refractivity contribution in [3.63, 3.8) is 0 Å². The lowest BCUT2D eigenvalue weighted by atomic mass is 10.1. The molecule has 1 aromatic rings. The quantitative estimate of drug-likeness (QED) is 0.891. The Labute approximate surface area is 125 Å². The Morgan fingerprint density at radius 1 is 1.37 bits per heavy atom. The molecule has 0 bridgehead atoms. The summed E-state index contributed by atoms with van der Waals surface area (Å²) in [6.45, 7) is 9.69. The zero-order chi connectivity index (χ0) is 13.9. The summed E-state index contributed by atoms with van der Waals surface area (Å²) in [4.78, 5) is 8.12. The molecule has 1 saturated heterocycles. The predicted octanol–water partition coefficient (Wildman–Crippen LogP) is 3.60. The average molecular weight is 300 g/mol. The zero-order valence-corrected chi connectivity index (χ0v) is 14.0. The molecule has 2 heterocycles. The number of nitrogens with zero attached hydrogens (tertiary/aromatic N) is 1. The van der Waals surface area contributed by atoms with Crippen molar-refractivity contribution in [3.05, 3.63) is 17.7 Å². The topological polar surface area (TPSA) is 40.7 Å². The van der Waals surface area contributed by atoms with E-state index >= 15 is 0 Å². The van der Waals surface area contributed by atoms with E-state index in [1.165, 1.54) is 23.6 Å². The van der Waals surface area contributed by atoms with Crippen LogP contribution in [0.2, 0.25) is 0 Å². The SMILES string of the molecule is CCC1SCCSC1c1ncc(CNC(C)(C)C)[nH]1. The van der Waals surface area contributed by atoms with E-state index in [2.05, 4.69) is 66.5 Å². The normalized spacial score (nSPS) is 24.6. The van der Waals surface area contributed by atoms with Crippen molar-refractivity contribution in [1.29, 1.82) is 0 Å². The Morgan fingerprint density at radius 3 is 2.79 bits per heavy atom. The minimum absolute atomic E-state index is 0.146. The molecule has 2 atom stereocenters. The molecular formula is C14H25N3S2. The van der Waals surface area contributed by atoms with E-state index in [0.29, 0.717) is 10.5 Å². The fourth-order valence-corrected chi connectivity index (χ4v) is 5.15. The Bertz CT molecular complexity index is 398. The summed E-state index contributed by atoms with van der Waals surface area (Å²) in [6, 6.07) is 0. The molecule has 0 radical (unpaired) electrons. The third kappa shape index (κ3) is 4.43. The summed E-state index contributed by atoms with van der Waals surface area (Å²) >= 11 is 4.15. The molecule has 0 aromatic carbocycles. The van der Waals surface area contributed by atoms with Gasteiger partial charge in [-0.2, -0.15) is 11.8 Å². The molecule has 3 nitrogen and oxygen atoms in total. The summed E-state index contributed by atoms with van der Waals surface area (Å²) in [6.07, 6.45) is 3.21. The third-order valence-corrected chi connectivity index (χ3v) is 6.43. The Morgan fingerprint density at radius 2 is 2.11 bits per heavy atom. The van der Waals surface area contributed by atoms with Gasteiger partial charge in [-0.1, -0.05) is 6.92 Å². The number of hydrogen-bond donors (Lipinski definition) is 2. The molecule has 2 rings (SSSR count). The third-order valence-electron chi connectivity index (χ3n) is 3.18. The van der Waals surface area contributed by atoms with Crippen LogP contribution in [0.15, 0.2) is 6.20 Å².